The van der Waals surface area contributed by atoms with Gasteiger partial charge in [0.15, 0.2) is 0 Å². The molecule has 78 valence electrons. The second kappa shape index (κ2) is 5.01. The van der Waals surface area contributed by atoms with E-state index in [9.17, 15) is 0 Å². The van der Waals surface area contributed by atoms with Crippen LogP contribution in [0.2, 0.25) is 0 Å². The molecule has 0 radical (unpaired) electrons. The zero-order valence-electron chi connectivity index (χ0n) is 9.21. The number of hydrogen-bond acceptors (Lipinski definition) is 2. The molecule has 2 N–H and O–H groups in total. The predicted octanol–water partition coefficient (Wildman–Crippen LogP) is 2.28. The number of aryl methyl sites for hydroxylation is 1. The van der Waals surface area contributed by atoms with Crippen molar-refractivity contribution in [3.63, 3.8) is 0 Å². The maximum Gasteiger partial charge on any atom is 0.119 e. The average Bonchev–Trinajstić information content (AvgIpc) is 2.10. The molecule has 0 aromatic heterocycles. The van der Waals surface area contributed by atoms with Crippen LogP contribution in [0.25, 0.3) is 0 Å². The second-order valence-corrected chi connectivity index (χ2v) is 3.70. The fourth-order valence-electron chi connectivity index (χ4n) is 1.50. The van der Waals surface area contributed by atoms with Gasteiger partial charge in [-0.3, -0.25) is 0 Å². The normalized spacial score (nSPS) is 12.6. The summed E-state index contributed by atoms with van der Waals surface area (Å²) in [6, 6.07) is 6.39. The van der Waals surface area contributed by atoms with Crippen molar-refractivity contribution in [2.24, 2.45) is 5.73 Å². The molecule has 1 aromatic rings. The third-order valence-corrected chi connectivity index (χ3v) is 2.17. The minimum Gasteiger partial charge on any atom is -0.494 e. The van der Waals surface area contributed by atoms with Crippen LogP contribution in [-0.4, -0.2) is 12.6 Å². The second-order valence-electron chi connectivity index (χ2n) is 3.70. The van der Waals surface area contributed by atoms with Crippen LogP contribution in [0, 0.1) is 6.92 Å². The Bertz CT molecular complexity index is 294. The van der Waals surface area contributed by atoms with Gasteiger partial charge in [-0.1, -0.05) is 6.07 Å². The quantitative estimate of drug-likeness (QED) is 0.796. The van der Waals surface area contributed by atoms with Crippen LogP contribution < -0.4 is 10.5 Å². The largest absolute Gasteiger partial charge is 0.494 e. The Morgan fingerprint density at radius 3 is 2.64 bits per heavy atom. The molecule has 14 heavy (non-hydrogen) atoms. The van der Waals surface area contributed by atoms with Crippen LogP contribution in [0.4, 0.5) is 0 Å². The highest BCUT2D eigenvalue weighted by Crippen LogP contribution is 2.18. The highest BCUT2D eigenvalue weighted by atomic mass is 16.5. The summed E-state index contributed by atoms with van der Waals surface area (Å²) in [5.74, 6) is 0.943. The van der Waals surface area contributed by atoms with Crippen LogP contribution >= 0.6 is 0 Å². The van der Waals surface area contributed by atoms with E-state index in [1.54, 1.807) is 0 Å². The molecule has 2 heteroatoms. The Kier molecular flexibility index (Phi) is 3.96. The fourth-order valence-corrected chi connectivity index (χ4v) is 1.50. The van der Waals surface area contributed by atoms with Gasteiger partial charge in [0.2, 0.25) is 0 Å². The first-order valence-corrected chi connectivity index (χ1v) is 5.11. The summed E-state index contributed by atoms with van der Waals surface area (Å²) in [6.07, 6.45) is 0.929. The molecule has 0 saturated carbocycles. The van der Waals surface area contributed by atoms with Gasteiger partial charge in [0.1, 0.15) is 5.75 Å². The standard InChI is InChI=1S/C12H19NO/c1-4-14-12-6-5-11(8-10(3)13)9(2)7-12/h5-7,10H,4,8,13H2,1-3H3. The van der Waals surface area contributed by atoms with Crippen LogP contribution in [0.1, 0.15) is 25.0 Å². The topological polar surface area (TPSA) is 35.2 Å². The van der Waals surface area contributed by atoms with E-state index in [1.165, 1.54) is 11.1 Å². The average molecular weight is 193 g/mol. The van der Waals surface area contributed by atoms with Gasteiger partial charge < -0.3 is 10.5 Å². The Balaban J connectivity index is 2.79. The molecule has 0 aliphatic carbocycles. The highest BCUT2D eigenvalue weighted by molar-refractivity contribution is 5.35. The van der Waals surface area contributed by atoms with Crippen LogP contribution in [0.5, 0.6) is 5.75 Å². The van der Waals surface area contributed by atoms with E-state index >= 15 is 0 Å². The molecule has 0 saturated heterocycles. The smallest absolute Gasteiger partial charge is 0.119 e. The van der Waals surface area contributed by atoms with Gasteiger partial charge >= 0.3 is 0 Å². The van der Waals surface area contributed by atoms with Crippen LogP contribution in [0.3, 0.4) is 0 Å². The Morgan fingerprint density at radius 2 is 2.14 bits per heavy atom. The Morgan fingerprint density at radius 1 is 1.43 bits per heavy atom. The fraction of sp³-hybridized carbons (Fsp3) is 0.500. The number of hydrogen-bond donors (Lipinski definition) is 1. The maximum atomic E-state index is 5.76. The number of nitrogens with two attached hydrogens (primary N) is 1. The van der Waals surface area contributed by atoms with Gasteiger partial charge in [-0.05, 0) is 50.5 Å². The summed E-state index contributed by atoms with van der Waals surface area (Å²) in [6.45, 7) is 6.83. The third kappa shape index (κ3) is 3.04. The Labute approximate surface area is 86.1 Å². The molecule has 0 amide bonds. The minimum absolute atomic E-state index is 0.214. The summed E-state index contributed by atoms with van der Waals surface area (Å²) in [5, 5.41) is 0. The van der Waals surface area contributed by atoms with Gasteiger partial charge in [-0.2, -0.15) is 0 Å². The molecule has 0 aliphatic rings. The Hall–Kier alpha value is -1.02. The monoisotopic (exact) mass is 193 g/mol. The van der Waals surface area contributed by atoms with Gasteiger partial charge in [0, 0.05) is 6.04 Å². The van der Waals surface area contributed by atoms with Crippen LogP contribution in [-0.2, 0) is 6.42 Å². The molecule has 1 atom stereocenters. The van der Waals surface area contributed by atoms with Gasteiger partial charge in [-0.25, -0.2) is 0 Å². The summed E-state index contributed by atoms with van der Waals surface area (Å²) >= 11 is 0. The van der Waals surface area contributed by atoms with Crippen molar-refractivity contribution >= 4 is 0 Å². The molecule has 0 fully saturated rings. The van der Waals surface area contributed by atoms with E-state index in [0.29, 0.717) is 6.61 Å². The van der Waals surface area contributed by atoms with Gasteiger partial charge in [0.25, 0.3) is 0 Å². The first kappa shape index (κ1) is 11.1. The van der Waals surface area contributed by atoms with Crippen molar-refractivity contribution in [1.29, 1.82) is 0 Å². The van der Waals surface area contributed by atoms with E-state index in [4.69, 9.17) is 10.5 Å². The molecule has 0 bridgehead atoms. The van der Waals surface area contributed by atoms with Gasteiger partial charge in [-0.15, -0.1) is 0 Å². The van der Waals surface area contributed by atoms with E-state index in [2.05, 4.69) is 19.1 Å². The maximum absolute atomic E-state index is 5.76. The van der Waals surface area contributed by atoms with Gasteiger partial charge in [0.05, 0.1) is 6.61 Å². The summed E-state index contributed by atoms with van der Waals surface area (Å²) in [4.78, 5) is 0. The molecule has 1 unspecified atom stereocenters. The first-order chi connectivity index (χ1) is 6.63. The SMILES string of the molecule is CCOc1ccc(CC(C)N)c(C)c1. The zero-order valence-corrected chi connectivity index (χ0v) is 9.21. The lowest BCUT2D eigenvalue weighted by Crippen LogP contribution is -2.18. The van der Waals surface area contributed by atoms with E-state index in [-0.39, 0.29) is 6.04 Å². The van der Waals surface area contributed by atoms with E-state index in [0.717, 1.165) is 12.2 Å². The molecule has 0 spiro atoms. The van der Waals surface area contributed by atoms with Crippen molar-refractivity contribution in [2.45, 2.75) is 33.2 Å². The summed E-state index contributed by atoms with van der Waals surface area (Å²) in [7, 11) is 0. The van der Waals surface area contributed by atoms with Crippen molar-refractivity contribution in [3.05, 3.63) is 29.3 Å². The molecule has 0 aliphatic heterocycles. The van der Waals surface area contributed by atoms with Crippen molar-refractivity contribution < 1.29 is 4.74 Å². The summed E-state index contributed by atoms with van der Waals surface area (Å²) < 4.78 is 5.42. The number of ether oxygens (including phenoxy) is 1. The predicted molar refractivity (Wildman–Crippen MR) is 59.7 cm³/mol. The molecule has 1 aromatic carbocycles. The molecular weight excluding hydrogens is 174 g/mol. The third-order valence-electron chi connectivity index (χ3n) is 2.17. The van der Waals surface area contributed by atoms with Crippen molar-refractivity contribution in [3.8, 4) is 5.75 Å². The van der Waals surface area contributed by atoms with Crippen LogP contribution in [0.15, 0.2) is 18.2 Å². The number of rotatable bonds is 4. The lowest BCUT2D eigenvalue weighted by atomic mass is 10.0. The first-order valence-electron chi connectivity index (χ1n) is 5.11. The molecule has 2 nitrogen and oxygen atoms in total. The summed E-state index contributed by atoms with van der Waals surface area (Å²) in [5.41, 5.74) is 8.33. The molecular formula is C12H19NO. The van der Waals surface area contributed by atoms with Crippen molar-refractivity contribution in [2.75, 3.05) is 6.61 Å². The number of benzene rings is 1. The zero-order chi connectivity index (χ0) is 10.6. The minimum atomic E-state index is 0.214. The molecule has 0 heterocycles. The van der Waals surface area contributed by atoms with Crippen molar-refractivity contribution in [1.82, 2.24) is 0 Å². The van der Waals surface area contributed by atoms with E-state index < -0.39 is 0 Å². The highest BCUT2D eigenvalue weighted by Gasteiger charge is 2.02. The lowest BCUT2D eigenvalue weighted by Gasteiger charge is -2.10. The molecule has 1 rings (SSSR count). The van der Waals surface area contributed by atoms with E-state index in [1.807, 2.05) is 19.9 Å². The lowest BCUT2D eigenvalue weighted by molar-refractivity contribution is 0.340.